The number of nitrogens with one attached hydrogen (secondary N) is 1. The lowest BCUT2D eigenvalue weighted by atomic mass is 10.3. The number of hydrogen-bond donors (Lipinski definition) is 1. The fraction of sp³-hybridized carbons (Fsp3) is 1.00. The molecule has 0 aliphatic carbocycles. The predicted molar refractivity (Wildman–Crippen MR) is 47.1 cm³/mol. The third-order valence-electron chi connectivity index (χ3n) is 2.03. The van der Waals surface area contributed by atoms with Crippen LogP contribution in [0.3, 0.4) is 0 Å². The molecule has 0 bridgehead atoms. The van der Waals surface area contributed by atoms with Gasteiger partial charge in [-0.05, 0) is 6.42 Å². The molecule has 1 saturated heterocycles. The molecular formula is C7H12F3NO3S. The summed E-state index contributed by atoms with van der Waals surface area (Å²) in [6, 6.07) is -0.244. The largest absolute Gasteiger partial charge is 0.522 e. The van der Waals surface area contributed by atoms with Gasteiger partial charge in [-0.1, -0.05) is 0 Å². The molecule has 1 N–H and O–H groups in total. The van der Waals surface area contributed by atoms with Gasteiger partial charge in [0.1, 0.15) is 0 Å². The van der Waals surface area contributed by atoms with Gasteiger partial charge in [-0.2, -0.15) is 0 Å². The number of rotatable bonds is 4. The Morgan fingerprint density at radius 1 is 1.40 bits per heavy atom. The smallest absolute Gasteiger partial charge is 0.311 e. The molecule has 1 atom stereocenters. The van der Waals surface area contributed by atoms with Crippen LogP contribution >= 0.6 is 0 Å². The van der Waals surface area contributed by atoms with E-state index in [0.29, 0.717) is 6.42 Å². The van der Waals surface area contributed by atoms with Crippen LogP contribution in [0.2, 0.25) is 0 Å². The maximum Gasteiger partial charge on any atom is 0.522 e. The maximum absolute atomic E-state index is 11.5. The minimum atomic E-state index is -4.62. The molecule has 1 unspecified atom stereocenters. The summed E-state index contributed by atoms with van der Waals surface area (Å²) < 4.78 is 60.1. The van der Waals surface area contributed by atoms with E-state index < -0.39 is 22.8 Å². The zero-order chi connectivity index (χ0) is 11.5. The molecule has 0 spiro atoms. The molecule has 15 heavy (non-hydrogen) atoms. The number of halogens is 3. The Balaban J connectivity index is 2.12. The van der Waals surface area contributed by atoms with Gasteiger partial charge in [-0.15, -0.1) is 13.2 Å². The van der Waals surface area contributed by atoms with Crippen LogP contribution in [0.25, 0.3) is 0 Å². The third-order valence-corrected chi connectivity index (χ3v) is 3.80. The Morgan fingerprint density at radius 3 is 2.53 bits per heavy atom. The first-order valence-corrected chi connectivity index (χ1v) is 6.25. The Labute approximate surface area is 85.7 Å². The standard InChI is InChI=1S/C7H12F3NO3S/c8-7(9,10)14-3-2-11-6-1-4-15(12,13)5-6/h6,11H,1-5H2. The maximum atomic E-state index is 11.5. The van der Waals surface area contributed by atoms with Crippen LogP contribution in [-0.2, 0) is 14.6 Å². The molecule has 0 aromatic rings. The second kappa shape index (κ2) is 4.67. The molecule has 0 saturated carbocycles. The summed E-state index contributed by atoms with van der Waals surface area (Å²) in [4.78, 5) is 0. The molecule has 1 aliphatic rings. The molecule has 1 fully saturated rings. The van der Waals surface area contributed by atoms with Gasteiger partial charge in [0.2, 0.25) is 0 Å². The fourth-order valence-electron chi connectivity index (χ4n) is 1.39. The van der Waals surface area contributed by atoms with Crippen molar-refractivity contribution < 1.29 is 26.3 Å². The monoisotopic (exact) mass is 247 g/mol. The van der Waals surface area contributed by atoms with E-state index in [1.807, 2.05) is 0 Å². The van der Waals surface area contributed by atoms with Gasteiger partial charge in [0.15, 0.2) is 9.84 Å². The van der Waals surface area contributed by atoms with E-state index in [1.54, 1.807) is 0 Å². The first kappa shape index (κ1) is 12.7. The topological polar surface area (TPSA) is 55.4 Å². The van der Waals surface area contributed by atoms with Gasteiger partial charge in [0.05, 0.1) is 18.1 Å². The second-order valence-corrected chi connectivity index (χ2v) is 5.58. The van der Waals surface area contributed by atoms with Gasteiger partial charge in [-0.25, -0.2) is 8.42 Å². The first-order valence-electron chi connectivity index (χ1n) is 4.43. The zero-order valence-corrected chi connectivity index (χ0v) is 8.70. The van der Waals surface area contributed by atoms with Crippen molar-refractivity contribution in [3.63, 3.8) is 0 Å². The van der Waals surface area contributed by atoms with Crippen molar-refractivity contribution in [2.45, 2.75) is 18.8 Å². The Morgan fingerprint density at radius 2 is 2.07 bits per heavy atom. The number of hydrogen-bond acceptors (Lipinski definition) is 4. The first-order chi connectivity index (χ1) is 6.79. The van der Waals surface area contributed by atoms with Crippen LogP contribution in [0.15, 0.2) is 0 Å². The van der Waals surface area contributed by atoms with E-state index in [2.05, 4.69) is 10.1 Å². The average molecular weight is 247 g/mol. The van der Waals surface area contributed by atoms with Crippen molar-refractivity contribution in [1.29, 1.82) is 0 Å². The van der Waals surface area contributed by atoms with E-state index in [0.717, 1.165) is 0 Å². The van der Waals surface area contributed by atoms with Crippen LogP contribution in [0.4, 0.5) is 13.2 Å². The summed E-state index contributed by atoms with van der Waals surface area (Å²) in [5, 5.41) is 2.71. The SMILES string of the molecule is O=S1(=O)CCC(NCCOC(F)(F)F)C1. The number of alkyl halides is 3. The van der Waals surface area contributed by atoms with Gasteiger partial charge in [-0.3, -0.25) is 4.74 Å². The summed E-state index contributed by atoms with van der Waals surface area (Å²) in [5.74, 6) is 0.101. The van der Waals surface area contributed by atoms with Crippen LogP contribution in [0, 0.1) is 0 Å². The molecule has 1 aliphatic heterocycles. The van der Waals surface area contributed by atoms with Crippen LogP contribution in [0.1, 0.15) is 6.42 Å². The van der Waals surface area contributed by atoms with E-state index >= 15 is 0 Å². The molecule has 1 heterocycles. The quantitative estimate of drug-likeness (QED) is 0.726. The summed E-state index contributed by atoms with van der Waals surface area (Å²) in [5.41, 5.74) is 0. The molecule has 90 valence electrons. The molecule has 0 amide bonds. The normalized spacial score (nSPS) is 25.7. The number of ether oxygens (including phenoxy) is 1. The third kappa shape index (κ3) is 5.33. The lowest BCUT2D eigenvalue weighted by Crippen LogP contribution is -2.34. The van der Waals surface area contributed by atoms with Crippen molar-refractivity contribution in [2.24, 2.45) is 0 Å². The van der Waals surface area contributed by atoms with Crippen molar-refractivity contribution in [2.75, 3.05) is 24.7 Å². The van der Waals surface area contributed by atoms with Crippen molar-refractivity contribution >= 4 is 9.84 Å². The van der Waals surface area contributed by atoms with Gasteiger partial charge < -0.3 is 5.32 Å². The Hall–Kier alpha value is -0.340. The van der Waals surface area contributed by atoms with Crippen molar-refractivity contribution in [1.82, 2.24) is 5.32 Å². The summed E-state index contributed by atoms with van der Waals surface area (Å²) in [6.45, 7) is -0.500. The molecule has 1 rings (SSSR count). The van der Waals surface area contributed by atoms with Gasteiger partial charge in [0.25, 0.3) is 0 Å². The lowest BCUT2D eigenvalue weighted by molar-refractivity contribution is -0.323. The second-order valence-electron chi connectivity index (χ2n) is 3.35. The molecule has 0 radical (unpaired) electrons. The fourth-order valence-corrected chi connectivity index (χ4v) is 3.09. The Kier molecular flexibility index (Phi) is 3.96. The zero-order valence-electron chi connectivity index (χ0n) is 7.88. The van der Waals surface area contributed by atoms with Crippen LogP contribution in [-0.4, -0.2) is 45.5 Å². The minimum Gasteiger partial charge on any atom is -0.311 e. The number of sulfone groups is 1. The van der Waals surface area contributed by atoms with Gasteiger partial charge in [0, 0.05) is 12.6 Å². The van der Waals surface area contributed by atoms with Crippen molar-refractivity contribution in [3.05, 3.63) is 0 Å². The van der Waals surface area contributed by atoms with Crippen LogP contribution in [0.5, 0.6) is 0 Å². The van der Waals surface area contributed by atoms with Crippen molar-refractivity contribution in [3.8, 4) is 0 Å². The predicted octanol–water partition coefficient (Wildman–Crippen LogP) is 0.299. The van der Waals surface area contributed by atoms with E-state index in [4.69, 9.17) is 0 Å². The summed E-state index contributed by atoms with van der Waals surface area (Å²) in [6.07, 6.45) is -4.17. The van der Waals surface area contributed by atoms with E-state index in [1.165, 1.54) is 0 Å². The van der Waals surface area contributed by atoms with E-state index in [9.17, 15) is 21.6 Å². The Bertz CT molecular complexity index is 301. The van der Waals surface area contributed by atoms with Crippen LogP contribution < -0.4 is 5.32 Å². The van der Waals surface area contributed by atoms with E-state index in [-0.39, 0.29) is 24.1 Å². The average Bonchev–Trinajstić information content (AvgIpc) is 2.38. The molecular weight excluding hydrogens is 235 g/mol. The highest BCUT2D eigenvalue weighted by atomic mass is 32.2. The minimum absolute atomic E-state index is 0.000301. The molecule has 0 aromatic carbocycles. The molecule has 4 nitrogen and oxygen atoms in total. The lowest BCUT2D eigenvalue weighted by Gasteiger charge is -2.11. The van der Waals surface area contributed by atoms with Gasteiger partial charge >= 0.3 is 6.36 Å². The molecule has 0 aromatic heterocycles. The highest BCUT2D eigenvalue weighted by Crippen LogP contribution is 2.15. The highest BCUT2D eigenvalue weighted by Gasteiger charge is 2.30. The highest BCUT2D eigenvalue weighted by molar-refractivity contribution is 7.91. The summed E-state index contributed by atoms with van der Waals surface area (Å²) >= 11 is 0. The molecule has 8 heteroatoms. The summed E-state index contributed by atoms with van der Waals surface area (Å²) in [7, 11) is -2.99.